The van der Waals surface area contributed by atoms with Crippen molar-refractivity contribution in [2.45, 2.75) is 45.8 Å². The van der Waals surface area contributed by atoms with E-state index in [0.717, 1.165) is 5.47 Å². The third kappa shape index (κ3) is 3.09. The van der Waals surface area contributed by atoms with Gasteiger partial charge in [-0.3, -0.25) is 0 Å². The molecule has 0 radical (unpaired) electrons. The predicted octanol–water partition coefficient (Wildman–Crippen LogP) is 3.76. The van der Waals surface area contributed by atoms with Crippen molar-refractivity contribution in [3.63, 3.8) is 0 Å². The van der Waals surface area contributed by atoms with Crippen molar-refractivity contribution in [1.29, 1.82) is 0 Å². The number of hydrogen-bond donors (Lipinski definition) is 1. The van der Waals surface area contributed by atoms with Crippen molar-refractivity contribution in [3.05, 3.63) is 39.6 Å². The summed E-state index contributed by atoms with van der Waals surface area (Å²) in [4.78, 5) is 0. The lowest BCUT2D eigenvalue weighted by Gasteiger charge is -2.32. The minimum atomic E-state index is -0.531. The molecule has 0 amide bonds. The number of benzene rings is 1. The normalized spacial score (nSPS) is 20.5. The molecule has 1 fully saturated rings. The third-order valence-corrected chi connectivity index (χ3v) is 4.98. The first-order chi connectivity index (χ1) is 10.1. The Morgan fingerprint density at radius 1 is 1.27 bits per heavy atom. The molecular weight excluding hydrogens is 303 g/mol. The fourth-order valence-electron chi connectivity index (χ4n) is 2.21. The fourth-order valence-corrected chi connectivity index (χ4v) is 2.42. The first-order valence-electron chi connectivity index (χ1n) is 7.30. The summed E-state index contributed by atoms with van der Waals surface area (Å²) in [5, 5.41) is 0.377. The second kappa shape index (κ2) is 5.97. The van der Waals surface area contributed by atoms with E-state index in [1.165, 1.54) is 6.07 Å². The van der Waals surface area contributed by atoms with E-state index in [1.54, 1.807) is 13.0 Å². The lowest BCUT2D eigenvalue weighted by atomic mass is 9.77. The van der Waals surface area contributed by atoms with E-state index in [1.807, 2.05) is 33.8 Å². The van der Waals surface area contributed by atoms with Crippen LogP contribution in [0.2, 0.25) is 5.02 Å². The molecule has 1 heterocycles. The second-order valence-corrected chi connectivity index (χ2v) is 6.97. The van der Waals surface area contributed by atoms with Crippen LogP contribution >= 0.6 is 11.6 Å². The van der Waals surface area contributed by atoms with Gasteiger partial charge in [-0.2, -0.15) is 0 Å². The molecule has 2 rings (SSSR count). The summed E-state index contributed by atoms with van der Waals surface area (Å²) in [5.74, 6) is -0.327. The summed E-state index contributed by atoms with van der Waals surface area (Å²) in [6, 6.07) is 3.02. The van der Waals surface area contributed by atoms with Crippen LogP contribution in [0.3, 0.4) is 0 Å². The van der Waals surface area contributed by atoms with E-state index < -0.39 is 18.3 Å². The van der Waals surface area contributed by atoms with E-state index in [4.69, 9.17) is 26.6 Å². The second-order valence-electron chi connectivity index (χ2n) is 6.59. The minimum Gasteiger partial charge on any atom is -0.400 e. The predicted molar refractivity (Wildman–Crippen MR) is 89.3 cm³/mol. The van der Waals surface area contributed by atoms with Crippen LogP contribution in [0.1, 0.15) is 38.8 Å². The van der Waals surface area contributed by atoms with Crippen molar-refractivity contribution >= 4 is 24.8 Å². The molecule has 0 bridgehead atoms. The molecule has 0 spiro atoms. The molecule has 1 aromatic rings. The molecule has 1 saturated heterocycles. The van der Waals surface area contributed by atoms with Crippen molar-refractivity contribution < 1.29 is 13.7 Å². The van der Waals surface area contributed by atoms with Gasteiger partial charge in [0.25, 0.3) is 0 Å². The smallest absolute Gasteiger partial charge is 0.400 e. The zero-order chi connectivity index (χ0) is 16.7. The highest BCUT2D eigenvalue weighted by molar-refractivity contribution is 6.56. The van der Waals surface area contributed by atoms with E-state index >= 15 is 0 Å². The molecule has 1 aromatic carbocycles. The average Bonchev–Trinajstić information content (AvgIpc) is 2.64. The van der Waals surface area contributed by atoms with Gasteiger partial charge in [-0.05, 0) is 51.7 Å². The van der Waals surface area contributed by atoms with Crippen molar-refractivity contribution in [1.82, 2.24) is 0 Å². The molecule has 0 aromatic heterocycles. The summed E-state index contributed by atoms with van der Waals surface area (Å²) in [6.07, 6.45) is 1.82. The van der Waals surface area contributed by atoms with Gasteiger partial charge < -0.3 is 15.0 Å². The molecule has 0 unspecified atom stereocenters. The van der Waals surface area contributed by atoms with E-state index in [9.17, 15) is 4.39 Å². The van der Waals surface area contributed by atoms with Gasteiger partial charge in [-0.15, -0.1) is 0 Å². The molecule has 2 N–H and O–H groups in total. The van der Waals surface area contributed by atoms with Gasteiger partial charge in [0.05, 0.1) is 16.2 Å². The zero-order valence-corrected chi connectivity index (χ0v) is 14.4. The number of rotatable bonds is 3. The summed E-state index contributed by atoms with van der Waals surface area (Å²) >= 11 is 6.21. The molecular formula is C16H22BClFNO2. The monoisotopic (exact) mass is 325 g/mol. The molecule has 0 aliphatic carbocycles. The highest BCUT2D eigenvalue weighted by Gasteiger charge is 2.52. The topological polar surface area (TPSA) is 44.5 Å². The Kier molecular flexibility index (Phi) is 4.74. The van der Waals surface area contributed by atoms with Crippen LogP contribution in [0, 0.1) is 12.7 Å². The number of hydrogen-bond acceptors (Lipinski definition) is 3. The van der Waals surface area contributed by atoms with Gasteiger partial charge in [0, 0.05) is 12.1 Å². The van der Waals surface area contributed by atoms with Gasteiger partial charge in [0.2, 0.25) is 0 Å². The Morgan fingerprint density at radius 3 is 2.32 bits per heavy atom. The van der Waals surface area contributed by atoms with Crippen LogP contribution in [-0.2, 0) is 9.31 Å². The third-order valence-electron chi connectivity index (χ3n) is 4.48. The van der Waals surface area contributed by atoms with Gasteiger partial charge in [0.1, 0.15) is 5.82 Å². The Labute approximate surface area is 136 Å². The Hall–Kier alpha value is -0.875. The Morgan fingerprint density at radius 2 is 1.82 bits per heavy atom. The summed E-state index contributed by atoms with van der Waals surface area (Å²) < 4.78 is 25.5. The van der Waals surface area contributed by atoms with Crippen molar-refractivity contribution in [3.8, 4) is 0 Å². The van der Waals surface area contributed by atoms with Crippen LogP contribution < -0.4 is 5.73 Å². The molecule has 3 nitrogen and oxygen atoms in total. The standard InChI is InChI=1S/C16H22BClFNO2/c1-10-13(19)7-6-11(14(10)18)8-12(9-20)17-21-15(2,3)16(4,5)22-17/h6-8H,9,20H2,1-5H3. The molecule has 0 atom stereocenters. The maximum absolute atomic E-state index is 13.5. The lowest BCUT2D eigenvalue weighted by molar-refractivity contribution is 0.00578. The minimum absolute atomic E-state index is 0.267. The van der Waals surface area contributed by atoms with E-state index in [-0.39, 0.29) is 12.4 Å². The number of nitrogens with two attached hydrogens (primary N) is 1. The molecule has 120 valence electrons. The quantitative estimate of drug-likeness (QED) is 0.861. The zero-order valence-electron chi connectivity index (χ0n) is 13.7. The van der Waals surface area contributed by atoms with E-state index in [0.29, 0.717) is 16.1 Å². The molecule has 1 aliphatic heterocycles. The molecule has 0 saturated carbocycles. The summed E-state index contributed by atoms with van der Waals surface area (Å²) in [5.41, 5.74) is 6.87. The molecule has 1 aliphatic rings. The van der Waals surface area contributed by atoms with Crippen LogP contribution in [0.4, 0.5) is 4.39 Å². The molecule has 22 heavy (non-hydrogen) atoms. The van der Waals surface area contributed by atoms with Crippen LogP contribution in [0.25, 0.3) is 6.08 Å². The number of halogens is 2. The fraction of sp³-hybridized carbons (Fsp3) is 0.500. The summed E-state index contributed by atoms with van der Waals surface area (Å²) in [7, 11) is -0.531. The van der Waals surface area contributed by atoms with Crippen molar-refractivity contribution in [2.75, 3.05) is 6.54 Å². The first kappa shape index (κ1) is 17.5. The Bertz CT molecular complexity index is 600. The van der Waals surface area contributed by atoms with Crippen molar-refractivity contribution in [2.24, 2.45) is 5.73 Å². The van der Waals surface area contributed by atoms with E-state index in [2.05, 4.69) is 0 Å². The Balaban J connectivity index is 2.36. The lowest BCUT2D eigenvalue weighted by Crippen LogP contribution is -2.41. The van der Waals surface area contributed by atoms with Gasteiger partial charge in [0.15, 0.2) is 0 Å². The average molecular weight is 326 g/mol. The molecule has 6 heteroatoms. The SMILES string of the molecule is Cc1c(F)ccc(C=C(CN)B2OC(C)(C)C(C)(C)O2)c1Cl. The van der Waals surface area contributed by atoms with Crippen LogP contribution in [-0.4, -0.2) is 24.9 Å². The first-order valence-corrected chi connectivity index (χ1v) is 7.67. The maximum atomic E-state index is 13.5. The van der Waals surface area contributed by atoms with Gasteiger partial charge in [-0.1, -0.05) is 23.7 Å². The summed E-state index contributed by atoms with van der Waals surface area (Å²) in [6.45, 7) is 9.84. The largest absolute Gasteiger partial charge is 0.491 e. The van der Waals surface area contributed by atoms with Gasteiger partial charge in [-0.25, -0.2) is 4.39 Å². The highest BCUT2D eigenvalue weighted by Crippen LogP contribution is 2.39. The van der Waals surface area contributed by atoms with Crippen LogP contribution in [0.15, 0.2) is 17.6 Å². The maximum Gasteiger partial charge on any atom is 0.491 e. The van der Waals surface area contributed by atoms with Gasteiger partial charge >= 0.3 is 7.12 Å². The van der Waals surface area contributed by atoms with Crippen LogP contribution in [0.5, 0.6) is 0 Å². The highest BCUT2D eigenvalue weighted by atomic mass is 35.5.